The van der Waals surface area contributed by atoms with Gasteiger partial charge in [-0.2, -0.15) is 0 Å². The number of nitrogens with zero attached hydrogens (tertiary/aromatic N) is 1. The van der Waals surface area contributed by atoms with E-state index in [9.17, 15) is 0 Å². The third-order valence-corrected chi connectivity index (χ3v) is 3.98. The molecule has 2 rings (SSSR count). The molecule has 1 aliphatic carbocycles. The van der Waals surface area contributed by atoms with Crippen molar-refractivity contribution in [2.24, 2.45) is 5.92 Å². The van der Waals surface area contributed by atoms with Crippen LogP contribution in [0.1, 0.15) is 37.7 Å². The van der Waals surface area contributed by atoms with Crippen LogP contribution in [0.2, 0.25) is 0 Å². The van der Waals surface area contributed by atoms with Gasteiger partial charge >= 0.3 is 0 Å². The van der Waals surface area contributed by atoms with E-state index in [1.807, 2.05) is 19.2 Å². The van der Waals surface area contributed by atoms with Crippen molar-refractivity contribution in [2.45, 2.75) is 38.6 Å². The van der Waals surface area contributed by atoms with Crippen LogP contribution in [0.3, 0.4) is 0 Å². The molecule has 104 valence electrons. The molecule has 0 amide bonds. The quantitative estimate of drug-likeness (QED) is 0.662. The molecular weight excluding hydrogens is 236 g/mol. The minimum Gasteiger partial charge on any atom is -0.497 e. The number of benzene rings is 1. The first kappa shape index (κ1) is 13.9. The van der Waals surface area contributed by atoms with E-state index in [-0.39, 0.29) is 0 Å². The maximum absolute atomic E-state index is 8.32. The third-order valence-electron chi connectivity index (χ3n) is 3.98. The summed E-state index contributed by atoms with van der Waals surface area (Å²) in [5.74, 6) is 2.15. The molecule has 0 atom stereocenters. The minimum absolute atomic E-state index is 0.469. The molecule has 0 aliphatic heterocycles. The molecule has 0 bridgehead atoms. The van der Waals surface area contributed by atoms with Crippen molar-refractivity contribution in [1.29, 1.82) is 5.41 Å². The van der Waals surface area contributed by atoms with Gasteiger partial charge in [0.25, 0.3) is 0 Å². The van der Waals surface area contributed by atoms with Gasteiger partial charge in [-0.05, 0) is 30.5 Å². The summed E-state index contributed by atoms with van der Waals surface area (Å²) < 4.78 is 5.16. The van der Waals surface area contributed by atoms with Crippen molar-refractivity contribution in [2.75, 3.05) is 14.2 Å². The molecule has 0 heterocycles. The summed E-state index contributed by atoms with van der Waals surface area (Å²) >= 11 is 0. The first-order chi connectivity index (χ1) is 9.20. The summed E-state index contributed by atoms with van der Waals surface area (Å²) in [6, 6.07) is 8.10. The lowest BCUT2D eigenvalue weighted by Gasteiger charge is -2.29. The second kappa shape index (κ2) is 6.60. The standard InChI is InChI=1S/C16H24N2O/c1-18(16(17)14-6-4-3-5-7-14)12-13-8-10-15(19-2)11-9-13/h8-11,14,17H,3-7,12H2,1-2H3. The van der Waals surface area contributed by atoms with Crippen molar-refractivity contribution >= 4 is 5.84 Å². The molecule has 1 aliphatic rings. The second-order valence-corrected chi connectivity index (χ2v) is 5.42. The zero-order chi connectivity index (χ0) is 13.7. The van der Waals surface area contributed by atoms with E-state index >= 15 is 0 Å². The fraction of sp³-hybridized carbons (Fsp3) is 0.562. The van der Waals surface area contributed by atoms with Gasteiger partial charge < -0.3 is 9.64 Å². The summed E-state index contributed by atoms with van der Waals surface area (Å²) in [7, 11) is 3.71. The van der Waals surface area contributed by atoms with Gasteiger partial charge in [0.05, 0.1) is 12.9 Å². The van der Waals surface area contributed by atoms with Gasteiger partial charge in [-0.3, -0.25) is 5.41 Å². The number of hydrogen-bond donors (Lipinski definition) is 1. The van der Waals surface area contributed by atoms with Crippen LogP contribution in [0.4, 0.5) is 0 Å². The van der Waals surface area contributed by atoms with Crippen LogP contribution in [-0.2, 0) is 6.54 Å². The highest BCUT2D eigenvalue weighted by Gasteiger charge is 2.20. The van der Waals surface area contributed by atoms with E-state index in [4.69, 9.17) is 10.1 Å². The van der Waals surface area contributed by atoms with Crippen LogP contribution in [0.5, 0.6) is 5.75 Å². The van der Waals surface area contributed by atoms with E-state index in [2.05, 4.69) is 17.0 Å². The maximum atomic E-state index is 8.32. The molecule has 1 aromatic rings. The Balaban J connectivity index is 1.91. The summed E-state index contributed by atoms with van der Waals surface area (Å²) in [6.45, 7) is 0.805. The zero-order valence-electron chi connectivity index (χ0n) is 12.0. The number of methoxy groups -OCH3 is 1. The Labute approximate surface area is 116 Å². The van der Waals surface area contributed by atoms with Gasteiger partial charge in [-0.15, -0.1) is 0 Å². The van der Waals surface area contributed by atoms with E-state index in [1.54, 1.807) is 7.11 Å². The van der Waals surface area contributed by atoms with Crippen molar-refractivity contribution < 1.29 is 4.74 Å². The highest BCUT2D eigenvalue weighted by Crippen LogP contribution is 2.25. The first-order valence-corrected chi connectivity index (χ1v) is 7.13. The summed E-state index contributed by atoms with van der Waals surface area (Å²) in [5, 5.41) is 8.32. The van der Waals surface area contributed by atoms with E-state index in [1.165, 1.54) is 37.7 Å². The molecule has 3 nitrogen and oxygen atoms in total. The Kier molecular flexibility index (Phi) is 4.83. The number of hydrogen-bond acceptors (Lipinski definition) is 2. The number of ether oxygens (including phenoxy) is 1. The highest BCUT2D eigenvalue weighted by atomic mass is 16.5. The van der Waals surface area contributed by atoms with E-state index in [0.717, 1.165) is 18.1 Å². The fourth-order valence-electron chi connectivity index (χ4n) is 2.78. The predicted octanol–water partition coefficient (Wildman–Crippen LogP) is 3.68. The summed E-state index contributed by atoms with van der Waals surface area (Å²) in [6.07, 6.45) is 6.27. The topological polar surface area (TPSA) is 36.3 Å². The molecule has 3 heteroatoms. The lowest BCUT2D eigenvalue weighted by molar-refractivity contribution is 0.382. The van der Waals surface area contributed by atoms with E-state index in [0.29, 0.717) is 5.92 Å². The molecule has 0 spiro atoms. The highest BCUT2D eigenvalue weighted by molar-refractivity contribution is 5.81. The smallest absolute Gasteiger partial charge is 0.118 e. The Hall–Kier alpha value is -1.51. The van der Waals surface area contributed by atoms with Crippen LogP contribution < -0.4 is 4.74 Å². The zero-order valence-corrected chi connectivity index (χ0v) is 12.0. The predicted molar refractivity (Wildman–Crippen MR) is 78.8 cm³/mol. The Morgan fingerprint density at radius 1 is 1.21 bits per heavy atom. The van der Waals surface area contributed by atoms with Crippen LogP contribution in [0.15, 0.2) is 24.3 Å². The average molecular weight is 260 g/mol. The van der Waals surface area contributed by atoms with Crippen LogP contribution >= 0.6 is 0 Å². The normalized spacial score (nSPS) is 16.1. The molecule has 1 aromatic carbocycles. The molecule has 1 saturated carbocycles. The molecular formula is C16H24N2O. The van der Waals surface area contributed by atoms with Crippen molar-refractivity contribution in [3.63, 3.8) is 0 Å². The molecule has 1 N–H and O–H groups in total. The van der Waals surface area contributed by atoms with Crippen LogP contribution in [0, 0.1) is 11.3 Å². The third kappa shape index (κ3) is 3.72. The monoisotopic (exact) mass is 260 g/mol. The Bertz CT molecular complexity index is 407. The second-order valence-electron chi connectivity index (χ2n) is 5.42. The molecule has 0 unspecified atom stereocenters. The van der Waals surface area contributed by atoms with Gasteiger partial charge in [0.2, 0.25) is 0 Å². The maximum Gasteiger partial charge on any atom is 0.118 e. The largest absolute Gasteiger partial charge is 0.497 e. The number of amidine groups is 1. The summed E-state index contributed by atoms with van der Waals surface area (Å²) in [4.78, 5) is 2.08. The van der Waals surface area contributed by atoms with Crippen molar-refractivity contribution in [1.82, 2.24) is 4.90 Å². The van der Waals surface area contributed by atoms with E-state index < -0.39 is 0 Å². The average Bonchev–Trinajstić information content (AvgIpc) is 2.48. The Morgan fingerprint density at radius 2 is 1.84 bits per heavy atom. The van der Waals surface area contributed by atoms with Gasteiger partial charge in [-0.1, -0.05) is 31.4 Å². The molecule has 19 heavy (non-hydrogen) atoms. The Morgan fingerprint density at radius 3 is 2.42 bits per heavy atom. The van der Waals surface area contributed by atoms with Crippen LogP contribution in [0.25, 0.3) is 0 Å². The number of nitrogens with one attached hydrogen (secondary N) is 1. The van der Waals surface area contributed by atoms with Crippen molar-refractivity contribution in [3.8, 4) is 5.75 Å². The van der Waals surface area contributed by atoms with Gasteiger partial charge in [-0.25, -0.2) is 0 Å². The molecule has 1 fully saturated rings. The van der Waals surface area contributed by atoms with Crippen molar-refractivity contribution in [3.05, 3.63) is 29.8 Å². The molecule has 0 saturated heterocycles. The fourth-order valence-corrected chi connectivity index (χ4v) is 2.78. The molecule has 0 radical (unpaired) electrons. The minimum atomic E-state index is 0.469. The molecule has 0 aromatic heterocycles. The van der Waals surface area contributed by atoms with Gasteiger partial charge in [0, 0.05) is 19.5 Å². The SMILES string of the molecule is COc1ccc(CN(C)C(=N)C2CCCCC2)cc1. The lowest BCUT2D eigenvalue weighted by Crippen LogP contribution is -2.32. The van der Waals surface area contributed by atoms with Gasteiger partial charge in [0.15, 0.2) is 0 Å². The number of rotatable bonds is 4. The van der Waals surface area contributed by atoms with Gasteiger partial charge in [0.1, 0.15) is 5.75 Å². The first-order valence-electron chi connectivity index (χ1n) is 7.13. The van der Waals surface area contributed by atoms with Crippen LogP contribution in [-0.4, -0.2) is 24.9 Å². The summed E-state index contributed by atoms with van der Waals surface area (Å²) in [5.41, 5.74) is 1.23. The lowest BCUT2D eigenvalue weighted by atomic mass is 9.88.